The molecule has 0 spiro atoms. The second-order valence-corrected chi connectivity index (χ2v) is 11.6. The first kappa shape index (κ1) is 32.9. The van der Waals surface area contributed by atoms with Gasteiger partial charge in [0.25, 0.3) is 5.89 Å². The van der Waals surface area contributed by atoms with Gasteiger partial charge >= 0.3 is 6.09 Å². The van der Waals surface area contributed by atoms with Crippen LogP contribution >= 0.6 is 0 Å². The molecule has 3 amide bonds. The molecule has 3 rings (SSSR count). The highest BCUT2D eigenvalue weighted by Gasteiger charge is 2.37. The van der Waals surface area contributed by atoms with Crippen molar-refractivity contribution in [2.45, 2.75) is 65.1 Å². The lowest BCUT2D eigenvalue weighted by atomic mass is 9.84. The molecule has 0 saturated carbocycles. The summed E-state index contributed by atoms with van der Waals surface area (Å²) in [6.07, 6.45) is -0.797. The Morgan fingerprint density at radius 3 is 2.19 bits per heavy atom. The third-order valence-electron chi connectivity index (χ3n) is 6.97. The van der Waals surface area contributed by atoms with E-state index in [1.807, 2.05) is 6.07 Å². The Morgan fingerprint density at radius 1 is 0.977 bits per heavy atom. The summed E-state index contributed by atoms with van der Waals surface area (Å²) in [7, 11) is 1.18. The number of Topliss-reactive ketones (excluding diaryl/α,β-unsaturated/α-hetero) is 1. The van der Waals surface area contributed by atoms with E-state index in [0.29, 0.717) is 5.56 Å². The smallest absolute Gasteiger partial charge is 0.407 e. The summed E-state index contributed by atoms with van der Waals surface area (Å²) in [5, 5.41) is 13.2. The highest BCUT2D eigenvalue weighted by Crippen LogP contribution is 2.31. The molecule has 43 heavy (non-hydrogen) atoms. The van der Waals surface area contributed by atoms with Gasteiger partial charge in [0, 0.05) is 6.54 Å². The summed E-state index contributed by atoms with van der Waals surface area (Å²) in [6.45, 7) is 9.79. The van der Waals surface area contributed by atoms with E-state index < -0.39 is 47.2 Å². The maximum absolute atomic E-state index is 13.5. The zero-order valence-electron chi connectivity index (χ0n) is 25.4. The van der Waals surface area contributed by atoms with Crippen LogP contribution in [-0.4, -0.2) is 64.0 Å². The lowest BCUT2D eigenvalue weighted by Gasteiger charge is -2.32. The van der Waals surface area contributed by atoms with Crippen LogP contribution in [0.5, 0.6) is 0 Å². The summed E-state index contributed by atoms with van der Waals surface area (Å²) < 4.78 is 23.8. The van der Waals surface area contributed by atoms with Gasteiger partial charge < -0.3 is 24.7 Å². The van der Waals surface area contributed by atoms with Crippen LogP contribution in [0.3, 0.4) is 0 Å². The highest BCUT2D eigenvalue weighted by molar-refractivity contribution is 5.99. The quantitative estimate of drug-likeness (QED) is 0.299. The molecule has 0 aliphatic carbocycles. The molecule has 11 nitrogen and oxygen atoms in total. The Kier molecular flexibility index (Phi) is 10.4. The van der Waals surface area contributed by atoms with Gasteiger partial charge in [-0.05, 0) is 56.9 Å². The van der Waals surface area contributed by atoms with Gasteiger partial charge in [0.1, 0.15) is 11.4 Å². The van der Waals surface area contributed by atoms with Crippen LogP contribution in [0.4, 0.5) is 9.18 Å². The zero-order valence-corrected chi connectivity index (χ0v) is 25.4. The first-order valence-corrected chi connectivity index (χ1v) is 13.8. The van der Waals surface area contributed by atoms with Crippen molar-refractivity contribution in [2.24, 2.45) is 5.92 Å². The molecule has 3 aromatic rings. The minimum atomic E-state index is -1.40. The Labute approximate surface area is 250 Å². The predicted octanol–water partition coefficient (Wildman–Crippen LogP) is 4.02. The SMILES string of the molecule is COC(=O)NC(C)(C)C(=O)N(CC(=O)NC(C(=O)c1nnc(C(C)(C)c2ccc(F)cc2)o1)C(C)C)Cc1ccccc1. The summed E-state index contributed by atoms with van der Waals surface area (Å²) in [4.78, 5) is 53.5. The second-order valence-electron chi connectivity index (χ2n) is 11.6. The van der Waals surface area contributed by atoms with Crippen molar-refractivity contribution in [1.82, 2.24) is 25.7 Å². The number of hydrogen-bond acceptors (Lipinski definition) is 8. The minimum absolute atomic E-state index is 0.0746. The summed E-state index contributed by atoms with van der Waals surface area (Å²) in [6, 6.07) is 13.9. The number of hydrogen-bond donors (Lipinski definition) is 2. The van der Waals surface area contributed by atoms with E-state index in [4.69, 9.17) is 4.42 Å². The first-order valence-electron chi connectivity index (χ1n) is 13.8. The zero-order chi connectivity index (χ0) is 31.9. The van der Waals surface area contributed by atoms with Gasteiger partial charge in [0.05, 0.1) is 25.1 Å². The largest absolute Gasteiger partial charge is 0.453 e. The van der Waals surface area contributed by atoms with Crippen LogP contribution in [0, 0.1) is 11.7 Å². The van der Waals surface area contributed by atoms with Crippen LogP contribution in [0.2, 0.25) is 0 Å². The number of alkyl carbamates (subject to hydrolysis) is 1. The number of ketones is 1. The lowest BCUT2D eigenvalue weighted by molar-refractivity contribution is -0.141. The van der Waals surface area contributed by atoms with Crippen molar-refractivity contribution >= 4 is 23.7 Å². The molecular weight excluding hydrogens is 557 g/mol. The van der Waals surface area contributed by atoms with Gasteiger partial charge in [0.2, 0.25) is 23.5 Å². The van der Waals surface area contributed by atoms with Gasteiger partial charge in [-0.2, -0.15) is 0 Å². The molecular formula is C31H38FN5O6. The molecule has 1 atom stereocenters. The fourth-order valence-electron chi connectivity index (χ4n) is 4.38. The topological polar surface area (TPSA) is 144 Å². The van der Waals surface area contributed by atoms with Crippen molar-refractivity contribution in [2.75, 3.05) is 13.7 Å². The number of nitrogens with one attached hydrogen (secondary N) is 2. The van der Waals surface area contributed by atoms with Crippen LogP contribution < -0.4 is 10.6 Å². The number of amides is 3. The number of ether oxygens (including phenoxy) is 1. The molecule has 12 heteroatoms. The van der Waals surface area contributed by atoms with E-state index in [1.165, 1.54) is 38.0 Å². The van der Waals surface area contributed by atoms with Crippen molar-refractivity contribution in [3.8, 4) is 0 Å². The van der Waals surface area contributed by atoms with E-state index in [-0.39, 0.29) is 30.1 Å². The number of benzene rings is 2. The second kappa shape index (κ2) is 13.6. The monoisotopic (exact) mass is 595 g/mol. The van der Waals surface area contributed by atoms with E-state index in [9.17, 15) is 23.6 Å². The van der Waals surface area contributed by atoms with Crippen molar-refractivity contribution in [1.29, 1.82) is 0 Å². The number of nitrogens with zero attached hydrogens (tertiary/aromatic N) is 3. The molecule has 1 aromatic heterocycles. The minimum Gasteiger partial charge on any atom is -0.453 e. The summed E-state index contributed by atoms with van der Waals surface area (Å²) in [5.41, 5.74) is -0.749. The van der Waals surface area contributed by atoms with Crippen molar-refractivity contribution in [3.63, 3.8) is 0 Å². The number of carbonyl (C=O) groups excluding carboxylic acids is 4. The average Bonchev–Trinajstić information content (AvgIpc) is 3.47. The molecule has 0 saturated heterocycles. The molecule has 0 bridgehead atoms. The number of methoxy groups -OCH3 is 1. The fraction of sp³-hybridized carbons (Fsp3) is 0.419. The number of rotatable bonds is 12. The summed E-state index contributed by atoms with van der Waals surface area (Å²) >= 11 is 0. The maximum Gasteiger partial charge on any atom is 0.407 e. The standard InChI is InChI=1S/C31H38FN5O6/c1-19(2)24(25(39)26-35-36-27(43-26)30(3,4)21-13-15-22(32)16-14-21)33-23(38)18-37(17-20-11-9-8-10-12-20)28(40)31(5,6)34-29(41)42-7/h8-16,19,24H,17-18H2,1-7H3,(H,33,38)(H,34,41). The Morgan fingerprint density at radius 2 is 1.60 bits per heavy atom. The van der Waals surface area contributed by atoms with Gasteiger partial charge in [-0.1, -0.05) is 56.3 Å². The molecule has 230 valence electrons. The Hall–Kier alpha value is -4.61. The highest BCUT2D eigenvalue weighted by atomic mass is 19.1. The molecule has 1 unspecified atom stereocenters. The van der Waals surface area contributed by atoms with E-state index >= 15 is 0 Å². The molecule has 0 radical (unpaired) electrons. The summed E-state index contributed by atoms with van der Waals surface area (Å²) in [5.74, 6) is -2.62. The molecule has 0 aliphatic rings. The predicted molar refractivity (Wildman–Crippen MR) is 155 cm³/mol. The molecule has 2 N–H and O–H groups in total. The van der Waals surface area contributed by atoms with Gasteiger partial charge in [-0.3, -0.25) is 14.4 Å². The Balaban J connectivity index is 1.80. The third kappa shape index (κ3) is 8.24. The first-order chi connectivity index (χ1) is 20.1. The van der Waals surface area contributed by atoms with E-state index in [0.717, 1.165) is 5.56 Å². The molecule has 0 aliphatic heterocycles. The van der Waals surface area contributed by atoms with Gasteiger partial charge in [-0.25, -0.2) is 9.18 Å². The molecule has 1 heterocycles. The maximum atomic E-state index is 13.5. The van der Waals surface area contributed by atoms with Crippen molar-refractivity contribution in [3.05, 3.63) is 83.3 Å². The van der Waals surface area contributed by atoms with Crippen LogP contribution in [-0.2, 0) is 26.3 Å². The lowest BCUT2D eigenvalue weighted by Crippen LogP contribution is -2.57. The molecule has 2 aromatic carbocycles. The fourth-order valence-corrected chi connectivity index (χ4v) is 4.38. The van der Waals surface area contributed by atoms with Gasteiger partial charge in [0.15, 0.2) is 0 Å². The van der Waals surface area contributed by atoms with Crippen LogP contribution in [0.25, 0.3) is 0 Å². The Bertz CT molecular complexity index is 1440. The normalized spacial score (nSPS) is 12.4. The number of carbonyl (C=O) groups is 4. The number of aromatic nitrogens is 2. The van der Waals surface area contributed by atoms with E-state index in [1.54, 1.807) is 64.1 Å². The van der Waals surface area contributed by atoms with Gasteiger partial charge in [-0.15, -0.1) is 10.2 Å². The van der Waals surface area contributed by atoms with Crippen molar-refractivity contribution < 1.29 is 32.7 Å². The van der Waals surface area contributed by atoms with Crippen LogP contribution in [0.15, 0.2) is 59.0 Å². The molecule has 0 fully saturated rings. The average molecular weight is 596 g/mol. The van der Waals surface area contributed by atoms with E-state index in [2.05, 4.69) is 25.6 Å². The number of halogens is 1. The van der Waals surface area contributed by atoms with Crippen LogP contribution in [0.1, 0.15) is 69.2 Å². The third-order valence-corrected chi connectivity index (χ3v) is 6.97.